The number of likely N-dealkylation sites (N-methyl/N-ethyl adjacent to an activating group) is 1. The van der Waals surface area contributed by atoms with Crippen molar-refractivity contribution in [2.24, 2.45) is 0 Å². The standard InChI is InChI=1S/C24H29N3O2S/c1-5-29-21-12-10-20(11-13-21)27-23(28)22(25(4)24(27)30)15-18-14-16(2)26(17(18)3)19-8-6-7-9-19/h10-15,19H,5-9H2,1-4H3/b22-15-. The van der Waals surface area contributed by atoms with Crippen LogP contribution in [0.1, 0.15) is 55.6 Å². The zero-order chi connectivity index (χ0) is 21.4. The Balaban J connectivity index is 1.65. The van der Waals surface area contributed by atoms with E-state index in [1.165, 1.54) is 37.1 Å². The van der Waals surface area contributed by atoms with Crippen molar-refractivity contribution in [3.05, 3.63) is 53.0 Å². The van der Waals surface area contributed by atoms with Crippen LogP contribution >= 0.6 is 12.2 Å². The van der Waals surface area contributed by atoms with Crippen LogP contribution in [0.25, 0.3) is 6.08 Å². The molecule has 1 aliphatic heterocycles. The van der Waals surface area contributed by atoms with Gasteiger partial charge in [0.05, 0.1) is 12.3 Å². The number of carbonyl (C=O) groups is 1. The summed E-state index contributed by atoms with van der Waals surface area (Å²) >= 11 is 5.60. The first kappa shape index (κ1) is 20.7. The fourth-order valence-corrected chi connectivity index (χ4v) is 4.95. The number of benzene rings is 1. The fraction of sp³-hybridized carbons (Fsp3) is 0.417. The smallest absolute Gasteiger partial charge is 0.281 e. The molecule has 2 fully saturated rings. The molecule has 1 aliphatic carbocycles. The highest BCUT2D eigenvalue weighted by molar-refractivity contribution is 7.80. The minimum Gasteiger partial charge on any atom is -0.494 e. The molecule has 0 spiro atoms. The molecule has 1 saturated carbocycles. The van der Waals surface area contributed by atoms with Gasteiger partial charge in [-0.2, -0.15) is 0 Å². The summed E-state index contributed by atoms with van der Waals surface area (Å²) in [6.45, 7) is 6.86. The van der Waals surface area contributed by atoms with Crippen LogP contribution in [-0.2, 0) is 4.79 Å². The van der Waals surface area contributed by atoms with Gasteiger partial charge in [-0.25, -0.2) is 0 Å². The number of aromatic nitrogens is 1. The summed E-state index contributed by atoms with van der Waals surface area (Å²) in [4.78, 5) is 16.7. The van der Waals surface area contributed by atoms with Gasteiger partial charge in [0.25, 0.3) is 5.91 Å². The molecule has 1 saturated heterocycles. The summed E-state index contributed by atoms with van der Waals surface area (Å²) in [7, 11) is 1.86. The van der Waals surface area contributed by atoms with Crippen LogP contribution in [0.3, 0.4) is 0 Å². The summed E-state index contributed by atoms with van der Waals surface area (Å²) < 4.78 is 7.95. The van der Waals surface area contributed by atoms with E-state index in [1.54, 1.807) is 9.80 Å². The SMILES string of the molecule is CCOc1ccc(N2C(=O)/C(=C/c3cc(C)n(C4CCCC4)c3C)N(C)C2=S)cc1. The van der Waals surface area contributed by atoms with E-state index in [2.05, 4.69) is 24.5 Å². The number of carbonyl (C=O) groups excluding carboxylic acids is 1. The molecule has 1 amide bonds. The van der Waals surface area contributed by atoms with Crippen molar-refractivity contribution in [3.63, 3.8) is 0 Å². The predicted molar refractivity (Wildman–Crippen MR) is 125 cm³/mol. The van der Waals surface area contributed by atoms with Crippen molar-refractivity contribution in [1.29, 1.82) is 0 Å². The quantitative estimate of drug-likeness (QED) is 0.488. The zero-order valence-corrected chi connectivity index (χ0v) is 19.0. The Bertz CT molecular complexity index is 1000. The molecular weight excluding hydrogens is 394 g/mol. The molecule has 2 aliphatic rings. The molecule has 0 unspecified atom stereocenters. The lowest BCUT2D eigenvalue weighted by molar-refractivity contribution is -0.114. The maximum absolute atomic E-state index is 13.3. The molecular formula is C24H29N3O2S. The molecule has 158 valence electrons. The van der Waals surface area contributed by atoms with Crippen molar-refractivity contribution in [2.75, 3.05) is 18.6 Å². The molecule has 6 heteroatoms. The van der Waals surface area contributed by atoms with Gasteiger partial charge in [0.15, 0.2) is 5.11 Å². The highest BCUT2D eigenvalue weighted by Gasteiger charge is 2.37. The molecule has 2 aromatic rings. The van der Waals surface area contributed by atoms with Gasteiger partial charge >= 0.3 is 0 Å². The molecule has 1 aromatic heterocycles. The van der Waals surface area contributed by atoms with Crippen molar-refractivity contribution < 1.29 is 9.53 Å². The Morgan fingerprint density at radius 1 is 1.17 bits per heavy atom. The Morgan fingerprint density at radius 2 is 1.83 bits per heavy atom. The van der Waals surface area contributed by atoms with Gasteiger partial charge < -0.3 is 14.2 Å². The van der Waals surface area contributed by atoms with Gasteiger partial charge in [0.2, 0.25) is 0 Å². The molecule has 1 aromatic carbocycles. The van der Waals surface area contributed by atoms with Crippen molar-refractivity contribution in [3.8, 4) is 5.75 Å². The van der Waals surface area contributed by atoms with Crippen LogP contribution in [0.15, 0.2) is 36.0 Å². The lowest BCUT2D eigenvalue weighted by Gasteiger charge is -2.17. The number of anilines is 1. The monoisotopic (exact) mass is 423 g/mol. The zero-order valence-electron chi connectivity index (χ0n) is 18.1. The van der Waals surface area contributed by atoms with Crippen molar-refractivity contribution >= 4 is 35.0 Å². The topological polar surface area (TPSA) is 37.7 Å². The summed E-state index contributed by atoms with van der Waals surface area (Å²) in [5, 5.41) is 0.486. The van der Waals surface area contributed by atoms with E-state index in [0.717, 1.165) is 17.0 Å². The molecule has 0 bridgehead atoms. The lowest BCUT2D eigenvalue weighted by Crippen LogP contribution is -2.31. The van der Waals surface area contributed by atoms with E-state index in [-0.39, 0.29) is 5.91 Å². The highest BCUT2D eigenvalue weighted by Crippen LogP contribution is 2.35. The Morgan fingerprint density at radius 3 is 2.47 bits per heavy atom. The van der Waals surface area contributed by atoms with Crippen molar-refractivity contribution in [1.82, 2.24) is 9.47 Å². The third-order valence-corrected chi connectivity index (χ3v) is 6.63. The second-order valence-corrected chi connectivity index (χ2v) is 8.44. The van der Waals surface area contributed by atoms with Crippen LogP contribution in [0.5, 0.6) is 5.75 Å². The van der Waals surface area contributed by atoms with Crippen molar-refractivity contribution in [2.45, 2.75) is 52.5 Å². The third kappa shape index (κ3) is 3.54. The molecule has 0 atom stereocenters. The number of nitrogens with zero attached hydrogens (tertiary/aromatic N) is 3. The first-order valence-corrected chi connectivity index (χ1v) is 11.1. The van der Waals surface area contributed by atoms with Gasteiger partial charge in [-0.3, -0.25) is 9.69 Å². The minimum atomic E-state index is -0.0997. The molecule has 30 heavy (non-hydrogen) atoms. The highest BCUT2D eigenvalue weighted by atomic mass is 32.1. The molecule has 4 rings (SSSR count). The third-order valence-electron chi connectivity index (χ3n) is 6.17. The number of ether oxygens (including phenoxy) is 1. The van der Waals surface area contributed by atoms with Crippen LogP contribution in [0, 0.1) is 13.8 Å². The summed E-state index contributed by atoms with van der Waals surface area (Å²) in [6, 6.07) is 10.2. The van der Waals surface area contributed by atoms with E-state index in [9.17, 15) is 4.79 Å². The van der Waals surface area contributed by atoms with Crippen LogP contribution in [0.2, 0.25) is 0 Å². The van der Waals surface area contributed by atoms with E-state index >= 15 is 0 Å². The summed E-state index contributed by atoms with van der Waals surface area (Å²) in [6.07, 6.45) is 7.05. The van der Waals surface area contributed by atoms with E-state index < -0.39 is 0 Å². The maximum atomic E-state index is 13.3. The first-order chi connectivity index (χ1) is 14.4. The van der Waals surface area contributed by atoms with E-state index in [0.29, 0.717) is 23.5 Å². The largest absolute Gasteiger partial charge is 0.494 e. The number of hydrogen-bond acceptors (Lipinski definition) is 3. The van der Waals surface area contributed by atoms with Gasteiger partial charge in [-0.1, -0.05) is 12.8 Å². The van der Waals surface area contributed by atoms with Crippen LogP contribution in [-0.4, -0.2) is 34.1 Å². The number of amides is 1. The average molecular weight is 424 g/mol. The molecule has 2 heterocycles. The van der Waals surface area contributed by atoms with Crippen LogP contribution < -0.4 is 9.64 Å². The van der Waals surface area contributed by atoms with Gasteiger partial charge in [-0.15, -0.1) is 0 Å². The second-order valence-electron chi connectivity index (χ2n) is 8.07. The van der Waals surface area contributed by atoms with E-state index in [4.69, 9.17) is 17.0 Å². The van der Waals surface area contributed by atoms with E-state index in [1.807, 2.05) is 44.3 Å². The van der Waals surface area contributed by atoms with Crippen LogP contribution in [0.4, 0.5) is 5.69 Å². The Hall–Kier alpha value is -2.60. The number of thiocarbonyl (C=S) groups is 1. The van der Waals surface area contributed by atoms with Gasteiger partial charge in [0.1, 0.15) is 11.4 Å². The molecule has 0 radical (unpaired) electrons. The second kappa shape index (κ2) is 8.26. The minimum absolute atomic E-state index is 0.0997. The molecule has 5 nitrogen and oxygen atoms in total. The lowest BCUT2D eigenvalue weighted by atomic mass is 10.2. The summed E-state index contributed by atoms with van der Waals surface area (Å²) in [5.74, 6) is 0.680. The number of aryl methyl sites for hydroxylation is 1. The Labute approximate surface area is 183 Å². The normalized spacial score (nSPS) is 18.9. The maximum Gasteiger partial charge on any atom is 0.281 e. The average Bonchev–Trinajstić information content (AvgIpc) is 3.39. The predicted octanol–water partition coefficient (Wildman–Crippen LogP) is 5.22. The van der Waals surface area contributed by atoms with Gasteiger partial charge in [0, 0.05) is 24.5 Å². The molecule has 0 N–H and O–H groups in total. The first-order valence-electron chi connectivity index (χ1n) is 10.7. The number of rotatable bonds is 5. The fourth-order valence-electron chi connectivity index (χ4n) is 4.66. The Kier molecular flexibility index (Phi) is 5.69. The number of hydrogen-bond donors (Lipinski definition) is 0. The van der Waals surface area contributed by atoms with Gasteiger partial charge in [-0.05, 0) is 87.8 Å². The summed E-state index contributed by atoms with van der Waals surface area (Å²) in [5.41, 5.74) is 4.91.